The van der Waals surface area contributed by atoms with Crippen molar-refractivity contribution >= 4 is 17.7 Å². The first-order valence-corrected chi connectivity index (χ1v) is 7.75. The lowest BCUT2D eigenvalue weighted by atomic mass is 9.96. The maximum absolute atomic E-state index is 12.5. The van der Waals surface area contributed by atoms with E-state index in [0.717, 1.165) is 0 Å². The van der Waals surface area contributed by atoms with Gasteiger partial charge in [0.15, 0.2) is 5.78 Å². The Morgan fingerprint density at radius 1 is 1.04 bits per heavy atom. The first-order chi connectivity index (χ1) is 11.9. The Labute approximate surface area is 145 Å². The Hall–Kier alpha value is -2.99. The average molecular weight is 341 g/mol. The Morgan fingerprint density at radius 2 is 1.68 bits per heavy atom. The molecule has 0 bridgehead atoms. The van der Waals surface area contributed by atoms with Crippen molar-refractivity contribution in [2.75, 3.05) is 6.61 Å². The van der Waals surface area contributed by atoms with Crippen molar-refractivity contribution in [3.05, 3.63) is 71.3 Å². The van der Waals surface area contributed by atoms with Crippen LogP contribution in [0.1, 0.15) is 34.3 Å². The Morgan fingerprint density at radius 3 is 2.32 bits per heavy atom. The number of hydrogen-bond donors (Lipinski definition) is 2. The van der Waals surface area contributed by atoms with Gasteiger partial charge in [0.05, 0.1) is 5.92 Å². The second-order valence-electron chi connectivity index (χ2n) is 5.62. The number of carbonyl (C=O) groups is 3. The maximum Gasteiger partial charge on any atom is 0.324 e. The third kappa shape index (κ3) is 4.74. The van der Waals surface area contributed by atoms with Crippen LogP contribution in [0, 0.1) is 0 Å². The number of ether oxygens (including phenoxy) is 1. The number of benzene rings is 2. The van der Waals surface area contributed by atoms with Crippen molar-refractivity contribution in [3.8, 4) is 0 Å². The summed E-state index contributed by atoms with van der Waals surface area (Å²) in [4.78, 5) is 35.2. The molecule has 0 aliphatic rings. The highest BCUT2D eigenvalue weighted by atomic mass is 16.5. The molecule has 0 spiro atoms. The zero-order valence-corrected chi connectivity index (χ0v) is 13.7. The maximum atomic E-state index is 12.5. The molecule has 0 saturated carbocycles. The molecule has 2 aromatic carbocycles. The smallest absolute Gasteiger partial charge is 0.324 e. The molecular weight excluding hydrogens is 322 g/mol. The van der Waals surface area contributed by atoms with E-state index in [9.17, 15) is 14.4 Å². The number of nitrogens with two attached hydrogens (primary N) is 1. The number of esters is 1. The Balaban J connectivity index is 2.11. The molecule has 2 atom stereocenters. The van der Waals surface area contributed by atoms with Gasteiger partial charge in [-0.1, -0.05) is 48.5 Å². The lowest BCUT2D eigenvalue weighted by Gasteiger charge is -2.14. The van der Waals surface area contributed by atoms with E-state index in [2.05, 4.69) is 0 Å². The Bertz CT molecular complexity index is 772. The minimum Gasteiger partial charge on any atom is -0.480 e. The van der Waals surface area contributed by atoms with Gasteiger partial charge in [-0.15, -0.1) is 0 Å². The van der Waals surface area contributed by atoms with Crippen LogP contribution in [0.15, 0.2) is 54.6 Å². The largest absolute Gasteiger partial charge is 0.480 e. The predicted octanol–water partition coefficient (Wildman–Crippen LogP) is 1.98. The number of aliphatic carboxylic acids is 1. The van der Waals surface area contributed by atoms with Gasteiger partial charge in [0.25, 0.3) is 0 Å². The third-order valence-electron chi connectivity index (χ3n) is 3.76. The average Bonchev–Trinajstić information content (AvgIpc) is 2.65. The van der Waals surface area contributed by atoms with Crippen LogP contribution in [0.2, 0.25) is 0 Å². The summed E-state index contributed by atoms with van der Waals surface area (Å²) in [6.45, 7) is 1.22. The predicted molar refractivity (Wildman–Crippen MR) is 91.3 cm³/mol. The highest BCUT2D eigenvalue weighted by Gasteiger charge is 2.21. The number of carboxylic acids is 1. The molecule has 0 aromatic heterocycles. The highest BCUT2D eigenvalue weighted by molar-refractivity contribution is 6.09. The molecule has 25 heavy (non-hydrogen) atoms. The summed E-state index contributed by atoms with van der Waals surface area (Å²) in [5, 5.41) is 8.70. The van der Waals surface area contributed by atoms with Gasteiger partial charge >= 0.3 is 11.9 Å². The first-order valence-electron chi connectivity index (χ1n) is 7.75. The molecule has 0 aliphatic heterocycles. The van der Waals surface area contributed by atoms with Crippen LogP contribution in [-0.4, -0.2) is 35.5 Å². The molecule has 2 rings (SSSR count). The van der Waals surface area contributed by atoms with Crippen molar-refractivity contribution in [3.63, 3.8) is 0 Å². The molecule has 0 saturated heterocycles. The van der Waals surface area contributed by atoms with E-state index in [4.69, 9.17) is 15.6 Å². The summed E-state index contributed by atoms with van der Waals surface area (Å²) in [5.41, 5.74) is 6.94. The molecule has 0 fully saturated rings. The second-order valence-corrected chi connectivity index (χ2v) is 5.62. The van der Waals surface area contributed by atoms with E-state index < -0.39 is 30.5 Å². The van der Waals surface area contributed by atoms with E-state index in [1.54, 1.807) is 55.5 Å². The zero-order chi connectivity index (χ0) is 18.4. The van der Waals surface area contributed by atoms with E-state index >= 15 is 0 Å². The van der Waals surface area contributed by atoms with Crippen molar-refractivity contribution < 1.29 is 24.2 Å². The minimum atomic E-state index is -1.26. The number of rotatable bonds is 7. The van der Waals surface area contributed by atoms with Crippen LogP contribution in [-0.2, 0) is 14.3 Å². The number of hydrogen-bond acceptors (Lipinski definition) is 5. The molecule has 6 nitrogen and oxygen atoms in total. The molecule has 130 valence electrons. The number of carbonyl (C=O) groups excluding carboxylic acids is 2. The van der Waals surface area contributed by atoms with Crippen molar-refractivity contribution in [1.82, 2.24) is 0 Å². The molecule has 2 aromatic rings. The summed E-state index contributed by atoms with van der Waals surface area (Å²) in [6, 6.07) is 14.3. The minimum absolute atomic E-state index is 0.143. The van der Waals surface area contributed by atoms with Gasteiger partial charge < -0.3 is 15.6 Å². The molecule has 6 heteroatoms. The second kappa shape index (κ2) is 8.21. The molecule has 0 unspecified atom stereocenters. The van der Waals surface area contributed by atoms with Crippen LogP contribution >= 0.6 is 0 Å². The molecule has 0 heterocycles. The molecule has 0 radical (unpaired) electrons. The number of carboxylic acid groups (broad SMARTS) is 1. The van der Waals surface area contributed by atoms with Crippen LogP contribution < -0.4 is 5.73 Å². The topological polar surface area (TPSA) is 107 Å². The van der Waals surface area contributed by atoms with Crippen molar-refractivity contribution in [1.29, 1.82) is 0 Å². The van der Waals surface area contributed by atoms with Gasteiger partial charge in [-0.05, 0) is 18.6 Å². The number of ketones is 1. The SMILES string of the molecule is C[C@H](C(=O)OC[C@H](N)C(=O)O)c1cccc(C(=O)c2ccccc2)c1. The molecule has 0 aliphatic carbocycles. The fourth-order valence-corrected chi connectivity index (χ4v) is 2.21. The van der Waals surface area contributed by atoms with Gasteiger partial charge in [0, 0.05) is 11.1 Å². The van der Waals surface area contributed by atoms with Crippen LogP contribution in [0.5, 0.6) is 0 Å². The quantitative estimate of drug-likeness (QED) is 0.589. The lowest BCUT2D eigenvalue weighted by Crippen LogP contribution is -2.36. The van der Waals surface area contributed by atoms with E-state index in [1.165, 1.54) is 0 Å². The first kappa shape index (κ1) is 18.4. The van der Waals surface area contributed by atoms with Gasteiger partial charge in [0.2, 0.25) is 0 Å². The summed E-state index contributed by atoms with van der Waals surface area (Å²) < 4.78 is 4.94. The summed E-state index contributed by atoms with van der Waals surface area (Å²) in [7, 11) is 0. The van der Waals surface area contributed by atoms with Gasteiger partial charge in [-0.2, -0.15) is 0 Å². The van der Waals surface area contributed by atoms with Crippen molar-refractivity contribution in [2.45, 2.75) is 18.9 Å². The van der Waals surface area contributed by atoms with Crippen LogP contribution in [0.25, 0.3) is 0 Å². The van der Waals surface area contributed by atoms with Gasteiger partial charge in [-0.3, -0.25) is 14.4 Å². The normalized spacial score (nSPS) is 12.9. The molecule has 3 N–H and O–H groups in total. The van der Waals surface area contributed by atoms with Crippen molar-refractivity contribution in [2.24, 2.45) is 5.73 Å². The van der Waals surface area contributed by atoms with E-state index in [1.807, 2.05) is 6.07 Å². The van der Waals surface area contributed by atoms with Crippen LogP contribution in [0.3, 0.4) is 0 Å². The summed E-state index contributed by atoms with van der Waals surface area (Å²) >= 11 is 0. The lowest BCUT2D eigenvalue weighted by molar-refractivity contribution is -0.148. The highest BCUT2D eigenvalue weighted by Crippen LogP contribution is 2.20. The van der Waals surface area contributed by atoms with E-state index in [-0.39, 0.29) is 5.78 Å². The summed E-state index contributed by atoms with van der Waals surface area (Å²) in [6.07, 6.45) is 0. The van der Waals surface area contributed by atoms with Gasteiger partial charge in [-0.25, -0.2) is 0 Å². The van der Waals surface area contributed by atoms with Crippen LogP contribution in [0.4, 0.5) is 0 Å². The monoisotopic (exact) mass is 341 g/mol. The zero-order valence-electron chi connectivity index (χ0n) is 13.7. The fraction of sp³-hybridized carbons (Fsp3) is 0.211. The Kier molecular flexibility index (Phi) is 6.03. The third-order valence-corrected chi connectivity index (χ3v) is 3.76. The molecule has 0 amide bonds. The standard InChI is InChI=1S/C19H19NO5/c1-12(19(24)25-11-16(20)18(22)23)14-8-5-9-15(10-14)17(21)13-6-3-2-4-7-13/h2-10,12,16H,11,20H2,1H3,(H,22,23)/t12-,16-/m0/s1. The summed E-state index contributed by atoms with van der Waals surface area (Å²) in [5.74, 6) is -2.63. The van der Waals surface area contributed by atoms with E-state index in [0.29, 0.717) is 16.7 Å². The fourth-order valence-electron chi connectivity index (χ4n) is 2.21. The van der Waals surface area contributed by atoms with Gasteiger partial charge in [0.1, 0.15) is 12.6 Å². The molecular formula is C19H19NO5.